The molecule has 138 valence electrons. The molecular formula is C21H26N2O3. The Hall–Kier alpha value is -2.69. The summed E-state index contributed by atoms with van der Waals surface area (Å²) in [7, 11) is 3.32. The predicted octanol–water partition coefficient (Wildman–Crippen LogP) is 3.79. The van der Waals surface area contributed by atoms with Crippen molar-refractivity contribution in [3.05, 3.63) is 59.7 Å². The van der Waals surface area contributed by atoms with Gasteiger partial charge in [-0.05, 0) is 54.7 Å². The zero-order valence-electron chi connectivity index (χ0n) is 15.4. The van der Waals surface area contributed by atoms with Crippen LogP contribution in [-0.4, -0.2) is 38.2 Å². The van der Waals surface area contributed by atoms with Crippen molar-refractivity contribution in [1.82, 2.24) is 10.2 Å². The third kappa shape index (κ3) is 4.28. The predicted molar refractivity (Wildman–Crippen MR) is 102 cm³/mol. The smallest absolute Gasteiger partial charge is 0.317 e. The van der Waals surface area contributed by atoms with E-state index in [1.54, 1.807) is 14.2 Å². The molecular weight excluding hydrogens is 328 g/mol. The van der Waals surface area contributed by atoms with E-state index < -0.39 is 0 Å². The van der Waals surface area contributed by atoms with Crippen LogP contribution in [0.15, 0.2) is 48.5 Å². The molecule has 1 saturated heterocycles. The zero-order chi connectivity index (χ0) is 18.4. The third-order valence-corrected chi connectivity index (χ3v) is 4.84. The molecule has 0 radical (unpaired) electrons. The fraction of sp³-hybridized carbons (Fsp3) is 0.381. The number of likely N-dealkylation sites (tertiary alicyclic amines) is 1. The van der Waals surface area contributed by atoms with Crippen LogP contribution < -0.4 is 14.8 Å². The van der Waals surface area contributed by atoms with E-state index in [1.807, 2.05) is 47.4 Å². The van der Waals surface area contributed by atoms with Gasteiger partial charge in [-0.1, -0.05) is 24.3 Å². The van der Waals surface area contributed by atoms with Crippen LogP contribution in [0.25, 0.3) is 0 Å². The summed E-state index contributed by atoms with van der Waals surface area (Å²) in [6.07, 6.45) is 2.81. The number of methoxy groups -OCH3 is 2. The first-order chi connectivity index (χ1) is 12.7. The van der Waals surface area contributed by atoms with E-state index in [0.717, 1.165) is 42.9 Å². The summed E-state index contributed by atoms with van der Waals surface area (Å²) in [6.45, 7) is 1.41. The van der Waals surface area contributed by atoms with E-state index in [1.165, 1.54) is 5.56 Å². The van der Waals surface area contributed by atoms with Gasteiger partial charge in [0.2, 0.25) is 0 Å². The number of carbonyl (C=O) groups is 1. The third-order valence-electron chi connectivity index (χ3n) is 4.84. The molecule has 26 heavy (non-hydrogen) atoms. The van der Waals surface area contributed by atoms with E-state index in [-0.39, 0.29) is 12.1 Å². The lowest BCUT2D eigenvalue weighted by molar-refractivity contribution is 0.193. The Bertz CT molecular complexity index is 730. The maximum absolute atomic E-state index is 12.6. The topological polar surface area (TPSA) is 50.8 Å². The molecule has 1 aliphatic rings. The van der Waals surface area contributed by atoms with Gasteiger partial charge < -0.3 is 19.7 Å². The first kappa shape index (κ1) is 18.1. The van der Waals surface area contributed by atoms with Gasteiger partial charge in [-0.2, -0.15) is 0 Å². The van der Waals surface area contributed by atoms with Crippen molar-refractivity contribution in [1.29, 1.82) is 0 Å². The summed E-state index contributed by atoms with van der Waals surface area (Å²) < 4.78 is 10.5. The van der Waals surface area contributed by atoms with Gasteiger partial charge in [0, 0.05) is 13.1 Å². The Morgan fingerprint density at radius 3 is 2.62 bits per heavy atom. The van der Waals surface area contributed by atoms with Crippen molar-refractivity contribution in [3.8, 4) is 11.5 Å². The molecule has 1 unspecified atom stereocenters. The summed E-state index contributed by atoms with van der Waals surface area (Å²) >= 11 is 0. The molecule has 0 aromatic heterocycles. The Kier molecular flexibility index (Phi) is 6.00. The van der Waals surface area contributed by atoms with Gasteiger partial charge in [-0.3, -0.25) is 0 Å². The van der Waals surface area contributed by atoms with Crippen LogP contribution in [0.1, 0.15) is 30.0 Å². The number of ether oxygens (including phenoxy) is 2. The largest absolute Gasteiger partial charge is 0.497 e. The molecule has 0 spiro atoms. The molecule has 0 aliphatic carbocycles. The monoisotopic (exact) mass is 354 g/mol. The van der Waals surface area contributed by atoms with Crippen LogP contribution in [-0.2, 0) is 6.42 Å². The maximum Gasteiger partial charge on any atom is 0.317 e. The number of carbonyl (C=O) groups excluding carboxylic acids is 1. The van der Waals surface area contributed by atoms with E-state index in [0.29, 0.717) is 6.54 Å². The van der Waals surface area contributed by atoms with Crippen molar-refractivity contribution in [2.45, 2.75) is 25.3 Å². The minimum atomic E-state index is 0.00355. The van der Waals surface area contributed by atoms with Gasteiger partial charge in [-0.25, -0.2) is 4.79 Å². The van der Waals surface area contributed by atoms with Gasteiger partial charge in [0.25, 0.3) is 0 Å². The van der Waals surface area contributed by atoms with Crippen molar-refractivity contribution in [2.24, 2.45) is 0 Å². The van der Waals surface area contributed by atoms with Crippen molar-refractivity contribution in [3.63, 3.8) is 0 Å². The first-order valence-electron chi connectivity index (χ1n) is 9.02. The molecule has 3 rings (SSSR count). The number of rotatable bonds is 6. The van der Waals surface area contributed by atoms with E-state index in [9.17, 15) is 4.79 Å². The Morgan fingerprint density at radius 1 is 1.12 bits per heavy atom. The number of nitrogens with zero attached hydrogens (tertiary/aromatic N) is 1. The summed E-state index contributed by atoms with van der Waals surface area (Å²) in [5, 5.41) is 3.05. The highest BCUT2D eigenvalue weighted by atomic mass is 16.5. The Labute approximate surface area is 154 Å². The molecule has 1 heterocycles. The fourth-order valence-electron chi connectivity index (χ4n) is 3.41. The molecule has 2 amide bonds. The van der Waals surface area contributed by atoms with Gasteiger partial charge >= 0.3 is 6.03 Å². The molecule has 5 heteroatoms. The maximum atomic E-state index is 12.6. The molecule has 1 N–H and O–H groups in total. The number of hydrogen-bond acceptors (Lipinski definition) is 3. The van der Waals surface area contributed by atoms with Gasteiger partial charge in [0.1, 0.15) is 11.5 Å². The molecule has 0 saturated carbocycles. The van der Waals surface area contributed by atoms with Crippen LogP contribution in [0.4, 0.5) is 4.79 Å². The normalized spacial score (nSPS) is 16.4. The van der Waals surface area contributed by atoms with Crippen molar-refractivity contribution >= 4 is 6.03 Å². The average molecular weight is 354 g/mol. The van der Waals surface area contributed by atoms with Crippen LogP contribution in [0.3, 0.4) is 0 Å². The van der Waals surface area contributed by atoms with Crippen LogP contribution >= 0.6 is 0 Å². The number of amides is 2. The van der Waals surface area contributed by atoms with E-state index in [2.05, 4.69) is 11.4 Å². The zero-order valence-corrected chi connectivity index (χ0v) is 15.4. The molecule has 1 aliphatic heterocycles. The summed E-state index contributed by atoms with van der Waals surface area (Å²) in [6, 6.07) is 16.1. The highest BCUT2D eigenvalue weighted by molar-refractivity contribution is 5.75. The number of nitrogens with one attached hydrogen (secondary N) is 1. The average Bonchev–Trinajstić information content (AvgIpc) is 3.18. The summed E-state index contributed by atoms with van der Waals surface area (Å²) in [4.78, 5) is 14.6. The quantitative estimate of drug-likeness (QED) is 0.859. The van der Waals surface area contributed by atoms with Crippen LogP contribution in [0.5, 0.6) is 11.5 Å². The Balaban J connectivity index is 1.56. The van der Waals surface area contributed by atoms with E-state index >= 15 is 0 Å². The molecule has 1 atom stereocenters. The van der Waals surface area contributed by atoms with Gasteiger partial charge in [0.05, 0.1) is 20.3 Å². The summed E-state index contributed by atoms with van der Waals surface area (Å²) in [5.74, 6) is 1.67. The van der Waals surface area contributed by atoms with Gasteiger partial charge in [-0.15, -0.1) is 0 Å². The highest BCUT2D eigenvalue weighted by Gasteiger charge is 2.29. The van der Waals surface area contributed by atoms with Crippen LogP contribution in [0, 0.1) is 0 Å². The number of benzene rings is 2. The molecule has 5 nitrogen and oxygen atoms in total. The second-order valence-corrected chi connectivity index (χ2v) is 6.46. The molecule has 2 aromatic carbocycles. The number of hydrogen-bond donors (Lipinski definition) is 1. The standard InChI is InChI=1S/C21H26N2O3/c1-25-18-10-8-16(9-11-18)12-13-22-21(24)23-14-4-7-20(23)17-5-3-6-19(15-17)26-2/h3,5-6,8-11,15,20H,4,7,12-14H2,1-2H3,(H,22,24). The lowest BCUT2D eigenvalue weighted by atomic mass is 10.0. The van der Waals surface area contributed by atoms with Crippen LogP contribution in [0.2, 0.25) is 0 Å². The first-order valence-corrected chi connectivity index (χ1v) is 9.02. The summed E-state index contributed by atoms with van der Waals surface area (Å²) in [5.41, 5.74) is 2.31. The lowest BCUT2D eigenvalue weighted by Gasteiger charge is -2.25. The number of urea groups is 1. The molecule has 0 bridgehead atoms. The van der Waals surface area contributed by atoms with Crippen molar-refractivity contribution in [2.75, 3.05) is 27.3 Å². The van der Waals surface area contributed by atoms with Crippen molar-refractivity contribution < 1.29 is 14.3 Å². The van der Waals surface area contributed by atoms with E-state index in [4.69, 9.17) is 9.47 Å². The molecule has 1 fully saturated rings. The second kappa shape index (κ2) is 8.61. The minimum Gasteiger partial charge on any atom is -0.497 e. The Morgan fingerprint density at radius 2 is 1.88 bits per heavy atom. The fourth-order valence-corrected chi connectivity index (χ4v) is 3.41. The highest BCUT2D eigenvalue weighted by Crippen LogP contribution is 2.33. The molecule has 2 aromatic rings. The SMILES string of the molecule is COc1ccc(CCNC(=O)N2CCCC2c2cccc(OC)c2)cc1. The second-order valence-electron chi connectivity index (χ2n) is 6.46. The lowest BCUT2D eigenvalue weighted by Crippen LogP contribution is -2.40. The van der Waals surface area contributed by atoms with Gasteiger partial charge in [0.15, 0.2) is 0 Å². The minimum absolute atomic E-state index is 0.00355.